The largest absolute Gasteiger partial charge is 0.206 e. The van der Waals surface area contributed by atoms with Crippen molar-refractivity contribution in [3.63, 3.8) is 0 Å². The molecule has 1 fully saturated rings. The Morgan fingerprint density at radius 3 is 2.40 bits per heavy atom. The Kier molecular flexibility index (Phi) is 6.13. The van der Waals surface area contributed by atoms with Crippen molar-refractivity contribution in [2.75, 3.05) is 0 Å². The first-order valence-electron chi connectivity index (χ1n) is 10.7. The molecule has 3 heteroatoms. The van der Waals surface area contributed by atoms with Crippen LogP contribution in [0.2, 0.25) is 0 Å². The number of halogens is 3. The summed E-state index contributed by atoms with van der Waals surface area (Å²) in [6.45, 7) is 2.32. The summed E-state index contributed by atoms with van der Waals surface area (Å²) < 4.78 is 41.7. The molecule has 0 bridgehead atoms. The highest BCUT2D eigenvalue weighted by Gasteiger charge is 2.18. The van der Waals surface area contributed by atoms with Crippen LogP contribution in [-0.4, -0.2) is 0 Å². The van der Waals surface area contributed by atoms with Gasteiger partial charge in [0.05, 0.1) is 5.56 Å². The summed E-state index contributed by atoms with van der Waals surface area (Å²) in [5.41, 5.74) is 1.99. The lowest BCUT2D eigenvalue weighted by Crippen LogP contribution is -2.12. The monoisotopic (exact) mass is 406 g/mol. The van der Waals surface area contributed by atoms with E-state index in [1.807, 2.05) is 6.07 Å². The van der Waals surface area contributed by atoms with E-state index in [4.69, 9.17) is 0 Å². The van der Waals surface area contributed by atoms with E-state index in [0.29, 0.717) is 16.5 Å². The first-order valence-corrected chi connectivity index (χ1v) is 10.7. The maximum Gasteiger partial charge on any atom is 0.166 e. The van der Waals surface area contributed by atoms with E-state index >= 15 is 0 Å². The van der Waals surface area contributed by atoms with Crippen molar-refractivity contribution < 1.29 is 13.2 Å². The summed E-state index contributed by atoms with van der Waals surface area (Å²) in [5.74, 6) is 5.35. The molecule has 3 aromatic carbocycles. The molecule has 3 aromatic rings. The third-order valence-corrected chi connectivity index (χ3v) is 6.26. The molecule has 30 heavy (non-hydrogen) atoms. The molecule has 154 valence electrons. The first-order chi connectivity index (χ1) is 14.5. The highest BCUT2D eigenvalue weighted by atomic mass is 19.2. The summed E-state index contributed by atoms with van der Waals surface area (Å²) in [7, 11) is 0. The van der Waals surface area contributed by atoms with Gasteiger partial charge in [0.15, 0.2) is 11.6 Å². The Hall–Kier alpha value is -2.73. The van der Waals surface area contributed by atoms with Crippen molar-refractivity contribution in [3.05, 3.63) is 82.7 Å². The molecule has 0 atom stereocenters. The SMILES string of the molecule is CC1CCC(CCc2ccc(C#Cc3ccc4c(F)c(F)ccc4c3)c(F)c2)CC1. The molecule has 0 heterocycles. The zero-order chi connectivity index (χ0) is 21.1. The quantitative estimate of drug-likeness (QED) is 0.397. The zero-order valence-electron chi connectivity index (χ0n) is 17.2. The lowest BCUT2D eigenvalue weighted by Gasteiger charge is -2.26. The molecule has 0 N–H and O–H groups in total. The summed E-state index contributed by atoms with van der Waals surface area (Å²) in [5, 5.41) is 0.775. The summed E-state index contributed by atoms with van der Waals surface area (Å²) >= 11 is 0. The molecule has 0 amide bonds. The smallest absolute Gasteiger partial charge is 0.166 e. The molecule has 1 aliphatic rings. The van der Waals surface area contributed by atoms with Crippen LogP contribution in [0.25, 0.3) is 10.8 Å². The molecule has 0 spiro atoms. The van der Waals surface area contributed by atoms with Crippen LogP contribution in [0.4, 0.5) is 13.2 Å². The van der Waals surface area contributed by atoms with Gasteiger partial charge < -0.3 is 0 Å². The van der Waals surface area contributed by atoms with Gasteiger partial charge in [-0.25, -0.2) is 13.2 Å². The molecule has 0 unspecified atom stereocenters. The Labute approximate surface area is 176 Å². The molecule has 0 radical (unpaired) electrons. The fourth-order valence-corrected chi connectivity index (χ4v) is 4.29. The van der Waals surface area contributed by atoms with Crippen molar-refractivity contribution >= 4 is 10.8 Å². The molecular formula is C27H25F3. The number of hydrogen-bond donors (Lipinski definition) is 0. The van der Waals surface area contributed by atoms with Crippen LogP contribution in [-0.2, 0) is 6.42 Å². The number of benzene rings is 3. The van der Waals surface area contributed by atoms with Gasteiger partial charge in [-0.05, 0) is 66.0 Å². The average Bonchev–Trinajstić information content (AvgIpc) is 2.75. The van der Waals surface area contributed by atoms with E-state index in [1.165, 1.54) is 37.8 Å². The zero-order valence-corrected chi connectivity index (χ0v) is 17.2. The summed E-state index contributed by atoms with van der Waals surface area (Å²) in [4.78, 5) is 0. The lowest BCUT2D eigenvalue weighted by molar-refractivity contribution is 0.277. The predicted octanol–water partition coefficient (Wildman–Crippen LogP) is 7.42. The van der Waals surface area contributed by atoms with E-state index in [0.717, 1.165) is 36.3 Å². The van der Waals surface area contributed by atoms with E-state index in [2.05, 4.69) is 18.8 Å². The molecule has 1 aliphatic carbocycles. The summed E-state index contributed by atoms with van der Waals surface area (Å²) in [6, 6.07) is 12.7. The third kappa shape index (κ3) is 4.70. The lowest BCUT2D eigenvalue weighted by atomic mass is 9.80. The van der Waals surface area contributed by atoms with Crippen LogP contribution in [0, 0.1) is 41.1 Å². The minimum absolute atomic E-state index is 0.212. The maximum atomic E-state index is 14.5. The average molecular weight is 406 g/mol. The molecular weight excluding hydrogens is 381 g/mol. The molecule has 0 aromatic heterocycles. The fraction of sp³-hybridized carbons (Fsp3) is 0.333. The van der Waals surface area contributed by atoms with Crippen LogP contribution in [0.3, 0.4) is 0 Å². The second kappa shape index (κ2) is 8.96. The second-order valence-corrected chi connectivity index (χ2v) is 8.53. The minimum atomic E-state index is -0.874. The van der Waals surface area contributed by atoms with Gasteiger partial charge in [-0.3, -0.25) is 0 Å². The van der Waals surface area contributed by atoms with Gasteiger partial charge in [0.1, 0.15) is 5.82 Å². The van der Waals surface area contributed by atoms with Crippen molar-refractivity contribution in [3.8, 4) is 11.8 Å². The molecule has 0 nitrogen and oxygen atoms in total. The molecule has 0 saturated heterocycles. The Balaban J connectivity index is 1.45. The Morgan fingerprint density at radius 2 is 1.63 bits per heavy atom. The van der Waals surface area contributed by atoms with Gasteiger partial charge in [-0.2, -0.15) is 0 Å². The van der Waals surface area contributed by atoms with Crippen molar-refractivity contribution in [2.45, 2.75) is 45.4 Å². The van der Waals surface area contributed by atoms with Gasteiger partial charge in [0.25, 0.3) is 0 Å². The highest BCUT2D eigenvalue weighted by Crippen LogP contribution is 2.31. The first kappa shape index (κ1) is 20.5. The van der Waals surface area contributed by atoms with Crippen molar-refractivity contribution in [1.29, 1.82) is 0 Å². The van der Waals surface area contributed by atoms with Gasteiger partial charge in [-0.15, -0.1) is 0 Å². The van der Waals surface area contributed by atoms with E-state index < -0.39 is 11.6 Å². The number of aryl methyl sites for hydroxylation is 1. The topological polar surface area (TPSA) is 0 Å². The van der Waals surface area contributed by atoms with Gasteiger partial charge in [-0.1, -0.05) is 62.6 Å². The molecule has 0 aliphatic heterocycles. The van der Waals surface area contributed by atoms with Crippen LogP contribution >= 0.6 is 0 Å². The molecule has 1 saturated carbocycles. The standard InChI is InChI=1S/C27H25F3/c1-18-2-4-19(5-3-18)6-7-21-9-12-22(26(29)17-21)11-8-20-10-14-24-23(16-20)13-15-25(28)27(24)30/h9-10,12-19H,2-7H2,1H3. The van der Waals surface area contributed by atoms with Gasteiger partial charge in [0.2, 0.25) is 0 Å². The Bertz CT molecular complexity index is 1110. The van der Waals surface area contributed by atoms with Gasteiger partial charge in [0, 0.05) is 10.9 Å². The number of rotatable bonds is 3. The van der Waals surface area contributed by atoms with Crippen LogP contribution < -0.4 is 0 Å². The van der Waals surface area contributed by atoms with E-state index in [1.54, 1.807) is 24.3 Å². The minimum Gasteiger partial charge on any atom is -0.206 e. The third-order valence-electron chi connectivity index (χ3n) is 6.26. The fourth-order valence-electron chi connectivity index (χ4n) is 4.29. The van der Waals surface area contributed by atoms with Crippen LogP contribution in [0.15, 0.2) is 48.5 Å². The van der Waals surface area contributed by atoms with Crippen LogP contribution in [0.1, 0.15) is 55.7 Å². The van der Waals surface area contributed by atoms with Crippen molar-refractivity contribution in [2.24, 2.45) is 11.8 Å². The number of hydrogen-bond acceptors (Lipinski definition) is 0. The number of fused-ring (bicyclic) bond motifs is 1. The summed E-state index contributed by atoms with van der Waals surface area (Å²) in [6.07, 6.45) is 7.21. The van der Waals surface area contributed by atoms with E-state index in [-0.39, 0.29) is 11.2 Å². The highest BCUT2D eigenvalue weighted by molar-refractivity contribution is 5.84. The van der Waals surface area contributed by atoms with Gasteiger partial charge >= 0.3 is 0 Å². The second-order valence-electron chi connectivity index (χ2n) is 8.53. The molecule has 4 rings (SSSR count). The maximum absolute atomic E-state index is 14.5. The van der Waals surface area contributed by atoms with Crippen LogP contribution in [0.5, 0.6) is 0 Å². The Morgan fingerprint density at radius 1 is 0.833 bits per heavy atom. The predicted molar refractivity (Wildman–Crippen MR) is 116 cm³/mol. The normalized spacial score (nSPS) is 18.8. The van der Waals surface area contributed by atoms with E-state index in [9.17, 15) is 13.2 Å². The van der Waals surface area contributed by atoms with Crippen molar-refractivity contribution in [1.82, 2.24) is 0 Å².